The lowest BCUT2D eigenvalue weighted by molar-refractivity contribution is -0.145. The second-order valence-electron chi connectivity index (χ2n) is 2.31. The van der Waals surface area contributed by atoms with E-state index in [2.05, 4.69) is 0 Å². The van der Waals surface area contributed by atoms with E-state index in [9.17, 15) is 4.79 Å². The number of carbonyl (C=O) groups is 1. The molecule has 0 radical (unpaired) electrons. The maximum absolute atomic E-state index is 10.7. The van der Waals surface area contributed by atoms with E-state index in [4.69, 9.17) is 9.84 Å². The van der Waals surface area contributed by atoms with Crippen LogP contribution in [0.3, 0.4) is 0 Å². The summed E-state index contributed by atoms with van der Waals surface area (Å²) in [7, 11) is 1.62. The number of aliphatic hydroxyl groups is 1. The lowest BCUT2D eigenvalue weighted by atomic mass is 10.2. The van der Waals surface area contributed by atoms with Crippen molar-refractivity contribution in [3.8, 4) is 0 Å². The van der Waals surface area contributed by atoms with Crippen LogP contribution in [-0.4, -0.2) is 48.8 Å². The smallest absolute Gasteiger partial charge is 0.248 e. The van der Waals surface area contributed by atoms with E-state index in [1.165, 1.54) is 0 Å². The molecular weight excluding hydrogens is 134 g/mol. The average Bonchev–Trinajstić information content (AvgIpc) is 1.85. The van der Waals surface area contributed by atoms with Gasteiger partial charge in [-0.25, -0.2) is 0 Å². The lowest BCUT2D eigenvalue weighted by Crippen LogP contribution is -2.55. The van der Waals surface area contributed by atoms with Crippen LogP contribution in [0.5, 0.6) is 0 Å². The number of nitrogens with zero attached hydrogens (tertiary/aromatic N) is 1. The number of amides is 1. The third kappa shape index (κ3) is 1.27. The van der Waals surface area contributed by atoms with E-state index in [1.54, 1.807) is 12.0 Å². The molecule has 1 aliphatic heterocycles. The Morgan fingerprint density at radius 1 is 1.80 bits per heavy atom. The highest BCUT2D eigenvalue weighted by Gasteiger charge is 2.29. The zero-order valence-electron chi connectivity index (χ0n) is 5.91. The van der Waals surface area contributed by atoms with Gasteiger partial charge in [0.2, 0.25) is 5.91 Å². The van der Waals surface area contributed by atoms with E-state index >= 15 is 0 Å². The van der Waals surface area contributed by atoms with Gasteiger partial charge in [0.1, 0.15) is 6.61 Å². The summed E-state index contributed by atoms with van der Waals surface area (Å²) in [5.41, 5.74) is 0. The predicted molar refractivity (Wildman–Crippen MR) is 34.5 cm³/mol. The molecule has 1 N–H and O–H groups in total. The van der Waals surface area contributed by atoms with Gasteiger partial charge in [0, 0.05) is 20.2 Å². The van der Waals surface area contributed by atoms with E-state index in [0.717, 1.165) is 0 Å². The van der Waals surface area contributed by atoms with Crippen LogP contribution in [0.25, 0.3) is 0 Å². The molecule has 1 rings (SSSR count). The lowest BCUT2D eigenvalue weighted by Gasteiger charge is -2.37. The minimum atomic E-state index is -0.392. The van der Waals surface area contributed by atoms with Gasteiger partial charge in [0.15, 0.2) is 0 Å². The Hall–Kier alpha value is -0.610. The van der Waals surface area contributed by atoms with Crippen molar-refractivity contribution in [2.75, 3.05) is 26.8 Å². The Balaban J connectivity index is 2.19. The first-order valence-electron chi connectivity index (χ1n) is 3.19. The predicted octanol–water partition coefficient (Wildman–Crippen LogP) is -1.16. The minimum absolute atomic E-state index is 0.176. The van der Waals surface area contributed by atoms with E-state index < -0.39 is 6.61 Å². The molecule has 4 nitrogen and oxygen atoms in total. The number of rotatable bonds is 2. The van der Waals surface area contributed by atoms with Crippen molar-refractivity contribution in [2.24, 2.45) is 0 Å². The van der Waals surface area contributed by atoms with Crippen LogP contribution in [0, 0.1) is 0 Å². The fourth-order valence-corrected chi connectivity index (χ4v) is 0.891. The monoisotopic (exact) mass is 145 g/mol. The van der Waals surface area contributed by atoms with Crippen LogP contribution < -0.4 is 0 Å². The average molecular weight is 145 g/mol. The Labute approximate surface area is 59.4 Å². The Kier molecular flexibility index (Phi) is 2.24. The summed E-state index contributed by atoms with van der Waals surface area (Å²) in [4.78, 5) is 12.2. The third-order valence-electron chi connectivity index (χ3n) is 1.67. The molecule has 4 heteroatoms. The summed E-state index contributed by atoms with van der Waals surface area (Å²) in [6, 6.07) is 0. The van der Waals surface area contributed by atoms with E-state index in [0.29, 0.717) is 13.1 Å². The first kappa shape index (κ1) is 7.50. The molecule has 0 atom stereocenters. The minimum Gasteiger partial charge on any atom is -0.387 e. The van der Waals surface area contributed by atoms with Crippen molar-refractivity contribution < 1.29 is 14.6 Å². The van der Waals surface area contributed by atoms with Crippen LogP contribution in [-0.2, 0) is 9.53 Å². The maximum Gasteiger partial charge on any atom is 0.248 e. The molecule has 58 valence electrons. The van der Waals surface area contributed by atoms with Gasteiger partial charge in [0.05, 0.1) is 6.10 Å². The van der Waals surface area contributed by atoms with Gasteiger partial charge < -0.3 is 14.7 Å². The second-order valence-corrected chi connectivity index (χ2v) is 2.31. The molecule has 1 aliphatic rings. The van der Waals surface area contributed by atoms with Gasteiger partial charge in [-0.1, -0.05) is 0 Å². The van der Waals surface area contributed by atoms with Crippen molar-refractivity contribution in [3.63, 3.8) is 0 Å². The number of likely N-dealkylation sites (tertiary alicyclic amines) is 1. The van der Waals surface area contributed by atoms with Gasteiger partial charge in [-0.15, -0.1) is 0 Å². The number of hydrogen-bond donors (Lipinski definition) is 1. The number of hydrogen-bond acceptors (Lipinski definition) is 3. The van der Waals surface area contributed by atoms with E-state index in [1.807, 2.05) is 0 Å². The van der Waals surface area contributed by atoms with Gasteiger partial charge >= 0.3 is 0 Å². The summed E-state index contributed by atoms with van der Waals surface area (Å²) in [6.45, 7) is 0.849. The Morgan fingerprint density at radius 2 is 2.40 bits per heavy atom. The molecule has 1 amide bonds. The molecular formula is C6H11NO3. The first-order chi connectivity index (χ1) is 4.77. The number of ether oxygens (including phenoxy) is 1. The molecule has 10 heavy (non-hydrogen) atoms. The van der Waals surface area contributed by atoms with Crippen LogP contribution in [0.2, 0.25) is 0 Å². The molecule has 1 fully saturated rings. The van der Waals surface area contributed by atoms with Crippen molar-refractivity contribution in [1.29, 1.82) is 0 Å². The molecule has 0 aromatic rings. The molecule has 1 heterocycles. The van der Waals surface area contributed by atoms with Crippen molar-refractivity contribution in [1.82, 2.24) is 4.90 Å². The Bertz CT molecular complexity index is 131. The van der Waals surface area contributed by atoms with Crippen molar-refractivity contribution in [2.45, 2.75) is 6.10 Å². The molecule has 0 bridgehead atoms. The zero-order valence-corrected chi connectivity index (χ0v) is 5.91. The quantitative estimate of drug-likeness (QED) is 0.533. The molecule has 0 saturated carbocycles. The highest BCUT2D eigenvalue weighted by Crippen LogP contribution is 2.09. The molecule has 0 aromatic carbocycles. The van der Waals surface area contributed by atoms with Crippen LogP contribution in [0.15, 0.2) is 0 Å². The van der Waals surface area contributed by atoms with Crippen LogP contribution in [0.4, 0.5) is 0 Å². The second kappa shape index (κ2) is 2.98. The summed E-state index contributed by atoms with van der Waals surface area (Å²) < 4.78 is 4.94. The van der Waals surface area contributed by atoms with Crippen LogP contribution in [0.1, 0.15) is 0 Å². The van der Waals surface area contributed by atoms with Gasteiger partial charge in [-0.2, -0.15) is 0 Å². The molecule has 0 aliphatic carbocycles. The molecule has 0 spiro atoms. The van der Waals surface area contributed by atoms with Gasteiger partial charge in [0.25, 0.3) is 0 Å². The van der Waals surface area contributed by atoms with Crippen LogP contribution >= 0.6 is 0 Å². The summed E-state index contributed by atoms with van der Waals surface area (Å²) in [5, 5.41) is 8.40. The standard InChI is InChI=1S/C6H11NO3/c1-10-5-2-7(3-5)6(9)4-8/h5,8H,2-4H2,1H3. The van der Waals surface area contributed by atoms with Crippen molar-refractivity contribution in [3.05, 3.63) is 0 Å². The molecule has 0 aromatic heterocycles. The summed E-state index contributed by atoms with van der Waals surface area (Å²) >= 11 is 0. The van der Waals surface area contributed by atoms with Gasteiger partial charge in [-0.05, 0) is 0 Å². The normalized spacial score (nSPS) is 18.8. The highest BCUT2D eigenvalue weighted by atomic mass is 16.5. The SMILES string of the molecule is COC1CN(C(=O)CO)C1. The topological polar surface area (TPSA) is 49.8 Å². The van der Waals surface area contributed by atoms with Gasteiger partial charge in [-0.3, -0.25) is 4.79 Å². The molecule has 0 unspecified atom stereocenters. The zero-order chi connectivity index (χ0) is 7.56. The third-order valence-corrected chi connectivity index (χ3v) is 1.67. The Morgan fingerprint density at radius 3 is 2.80 bits per heavy atom. The van der Waals surface area contributed by atoms with Crippen molar-refractivity contribution >= 4 is 5.91 Å². The first-order valence-corrected chi connectivity index (χ1v) is 3.19. The fourth-order valence-electron chi connectivity index (χ4n) is 0.891. The fraction of sp³-hybridized carbons (Fsp3) is 0.833. The highest BCUT2D eigenvalue weighted by molar-refractivity contribution is 5.78. The number of methoxy groups -OCH3 is 1. The summed E-state index contributed by atoms with van der Waals surface area (Å²) in [5.74, 6) is -0.215. The summed E-state index contributed by atoms with van der Waals surface area (Å²) in [6.07, 6.45) is 0.176. The maximum atomic E-state index is 10.7. The largest absolute Gasteiger partial charge is 0.387 e. The molecule has 1 saturated heterocycles. The number of carbonyl (C=O) groups excluding carboxylic acids is 1. The van der Waals surface area contributed by atoms with E-state index in [-0.39, 0.29) is 12.0 Å². The number of aliphatic hydroxyl groups excluding tert-OH is 1.